The molecule has 0 spiro atoms. The molecule has 0 aromatic carbocycles. The standard InChI is InChI=1S/C11H13N3O2S2/c1-12-8-9-10(5-7-17-9)18(15,16)14-11-4-2-3-6-13-11/h2-7,12H,8H2,1H3,(H,13,14). The molecule has 18 heavy (non-hydrogen) atoms. The molecule has 0 aliphatic heterocycles. The zero-order chi connectivity index (χ0) is 13.0. The van der Waals surface area contributed by atoms with Crippen LogP contribution in [0.4, 0.5) is 5.82 Å². The van der Waals surface area contributed by atoms with Crippen LogP contribution < -0.4 is 10.0 Å². The Morgan fingerprint density at radius 2 is 2.17 bits per heavy atom. The van der Waals surface area contributed by atoms with Gasteiger partial charge in [-0.2, -0.15) is 0 Å². The number of aromatic nitrogens is 1. The van der Waals surface area contributed by atoms with Gasteiger partial charge in [0.1, 0.15) is 10.7 Å². The van der Waals surface area contributed by atoms with Gasteiger partial charge in [0, 0.05) is 17.6 Å². The van der Waals surface area contributed by atoms with Gasteiger partial charge in [0.05, 0.1) is 0 Å². The summed E-state index contributed by atoms with van der Waals surface area (Å²) >= 11 is 1.41. The summed E-state index contributed by atoms with van der Waals surface area (Å²) in [7, 11) is -1.78. The normalized spacial score (nSPS) is 11.4. The van der Waals surface area contributed by atoms with E-state index in [0.29, 0.717) is 17.3 Å². The molecule has 7 heteroatoms. The van der Waals surface area contributed by atoms with Crippen LogP contribution >= 0.6 is 11.3 Å². The maximum Gasteiger partial charge on any atom is 0.264 e. The van der Waals surface area contributed by atoms with Crippen LogP contribution in [0.3, 0.4) is 0 Å². The Balaban J connectivity index is 2.28. The Kier molecular flexibility index (Phi) is 3.95. The zero-order valence-corrected chi connectivity index (χ0v) is 11.4. The lowest BCUT2D eigenvalue weighted by Gasteiger charge is -2.07. The smallest absolute Gasteiger partial charge is 0.264 e. The van der Waals surface area contributed by atoms with Crippen molar-refractivity contribution >= 4 is 27.2 Å². The van der Waals surface area contributed by atoms with Crippen LogP contribution in [0.2, 0.25) is 0 Å². The summed E-state index contributed by atoms with van der Waals surface area (Å²) in [4.78, 5) is 5.02. The monoisotopic (exact) mass is 283 g/mol. The topological polar surface area (TPSA) is 71.1 Å². The highest BCUT2D eigenvalue weighted by Crippen LogP contribution is 2.23. The maximum atomic E-state index is 12.2. The van der Waals surface area contributed by atoms with Gasteiger partial charge in [-0.05, 0) is 30.6 Å². The number of nitrogens with zero attached hydrogens (tertiary/aromatic N) is 1. The van der Waals surface area contributed by atoms with Gasteiger partial charge in [0.2, 0.25) is 0 Å². The van der Waals surface area contributed by atoms with Gasteiger partial charge in [0.15, 0.2) is 0 Å². The van der Waals surface area contributed by atoms with Crippen LogP contribution in [-0.4, -0.2) is 20.4 Å². The van der Waals surface area contributed by atoms with Crippen molar-refractivity contribution in [3.05, 3.63) is 40.7 Å². The number of nitrogens with one attached hydrogen (secondary N) is 2. The van der Waals surface area contributed by atoms with E-state index in [1.165, 1.54) is 11.3 Å². The molecule has 2 heterocycles. The number of hydrogen-bond acceptors (Lipinski definition) is 5. The number of hydrogen-bond donors (Lipinski definition) is 2. The van der Waals surface area contributed by atoms with Gasteiger partial charge < -0.3 is 5.32 Å². The fourth-order valence-electron chi connectivity index (χ4n) is 1.47. The summed E-state index contributed by atoms with van der Waals surface area (Å²) in [5.41, 5.74) is 0. The second-order valence-electron chi connectivity index (χ2n) is 3.56. The third kappa shape index (κ3) is 2.87. The van der Waals surface area contributed by atoms with Crippen LogP contribution in [0, 0.1) is 0 Å². The fraction of sp³-hybridized carbons (Fsp3) is 0.182. The molecule has 2 N–H and O–H groups in total. The number of sulfonamides is 1. The van der Waals surface area contributed by atoms with Gasteiger partial charge in [-0.3, -0.25) is 4.72 Å². The second-order valence-corrected chi connectivity index (χ2v) is 6.21. The minimum atomic E-state index is -3.56. The van der Waals surface area contributed by atoms with Crippen molar-refractivity contribution in [3.63, 3.8) is 0 Å². The summed E-state index contributed by atoms with van der Waals surface area (Å²) in [5, 5.41) is 4.71. The molecule has 0 bridgehead atoms. The Morgan fingerprint density at radius 1 is 1.33 bits per heavy atom. The molecule has 2 aromatic heterocycles. The molecule has 0 radical (unpaired) electrons. The van der Waals surface area contributed by atoms with E-state index in [-0.39, 0.29) is 0 Å². The van der Waals surface area contributed by atoms with Crippen molar-refractivity contribution in [3.8, 4) is 0 Å². The predicted octanol–water partition coefficient (Wildman–Crippen LogP) is 1.66. The van der Waals surface area contributed by atoms with E-state index in [4.69, 9.17) is 0 Å². The van der Waals surface area contributed by atoms with Gasteiger partial charge in [-0.1, -0.05) is 6.07 Å². The van der Waals surface area contributed by atoms with Gasteiger partial charge in [0.25, 0.3) is 10.0 Å². The minimum Gasteiger partial charge on any atom is -0.315 e. The van der Waals surface area contributed by atoms with E-state index in [0.717, 1.165) is 4.88 Å². The quantitative estimate of drug-likeness (QED) is 0.875. The van der Waals surface area contributed by atoms with E-state index in [9.17, 15) is 8.42 Å². The van der Waals surface area contributed by atoms with Gasteiger partial charge in [-0.15, -0.1) is 11.3 Å². The van der Waals surface area contributed by atoms with Crippen molar-refractivity contribution in [1.29, 1.82) is 0 Å². The summed E-state index contributed by atoms with van der Waals surface area (Å²) < 4.78 is 26.8. The first-order valence-corrected chi connectivity index (χ1v) is 7.64. The highest BCUT2D eigenvalue weighted by molar-refractivity contribution is 7.92. The molecule has 0 atom stereocenters. The Bertz CT molecular complexity index is 608. The number of rotatable bonds is 5. The summed E-state index contributed by atoms with van der Waals surface area (Å²) in [6.45, 7) is 0.524. The van der Waals surface area contributed by atoms with Crippen molar-refractivity contribution in [2.45, 2.75) is 11.4 Å². The molecule has 0 saturated heterocycles. The molecule has 0 unspecified atom stereocenters. The summed E-state index contributed by atoms with van der Waals surface area (Å²) in [6.07, 6.45) is 1.54. The molecular formula is C11H13N3O2S2. The lowest BCUT2D eigenvalue weighted by molar-refractivity contribution is 0.600. The van der Waals surface area contributed by atoms with Crippen LogP contribution in [0.5, 0.6) is 0 Å². The Labute approximate surface area is 110 Å². The molecule has 0 fully saturated rings. The van der Waals surface area contributed by atoms with Crippen molar-refractivity contribution in [2.24, 2.45) is 0 Å². The molecule has 5 nitrogen and oxygen atoms in total. The fourth-order valence-corrected chi connectivity index (χ4v) is 3.94. The number of pyridine rings is 1. The van der Waals surface area contributed by atoms with Crippen LogP contribution in [0.25, 0.3) is 0 Å². The van der Waals surface area contributed by atoms with E-state index >= 15 is 0 Å². The average Bonchev–Trinajstić information content (AvgIpc) is 2.79. The molecule has 0 aliphatic carbocycles. The van der Waals surface area contributed by atoms with E-state index in [1.54, 1.807) is 42.9 Å². The first-order valence-electron chi connectivity index (χ1n) is 5.28. The largest absolute Gasteiger partial charge is 0.315 e. The van der Waals surface area contributed by atoms with E-state index in [1.807, 2.05) is 0 Å². The summed E-state index contributed by atoms with van der Waals surface area (Å²) in [5.74, 6) is 0.319. The second kappa shape index (κ2) is 5.47. The molecule has 96 valence electrons. The van der Waals surface area contributed by atoms with Crippen LogP contribution in [-0.2, 0) is 16.6 Å². The van der Waals surface area contributed by atoms with E-state index < -0.39 is 10.0 Å². The molecule has 0 saturated carbocycles. The minimum absolute atomic E-state index is 0.299. The maximum absolute atomic E-state index is 12.2. The van der Waals surface area contributed by atoms with Crippen molar-refractivity contribution in [2.75, 3.05) is 11.8 Å². The highest BCUT2D eigenvalue weighted by atomic mass is 32.2. The Morgan fingerprint density at radius 3 is 2.83 bits per heavy atom. The molecule has 0 amide bonds. The zero-order valence-electron chi connectivity index (χ0n) is 9.75. The predicted molar refractivity (Wildman–Crippen MR) is 72.1 cm³/mol. The Hall–Kier alpha value is -1.44. The van der Waals surface area contributed by atoms with Gasteiger partial charge >= 0.3 is 0 Å². The van der Waals surface area contributed by atoms with Crippen molar-refractivity contribution < 1.29 is 8.42 Å². The van der Waals surface area contributed by atoms with Gasteiger partial charge in [-0.25, -0.2) is 13.4 Å². The molecule has 2 aromatic rings. The first-order chi connectivity index (χ1) is 8.63. The van der Waals surface area contributed by atoms with Crippen LogP contribution in [0.1, 0.15) is 4.88 Å². The lowest BCUT2D eigenvalue weighted by Crippen LogP contribution is -2.16. The van der Waals surface area contributed by atoms with Crippen LogP contribution in [0.15, 0.2) is 40.7 Å². The third-order valence-electron chi connectivity index (χ3n) is 2.24. The third-order valence-corrected chi connectivity index (χ3v) is 4.72. The molecule has 0 aliphatic rings. The number of anilines is 1. The van der Waals surface area contributed by atoms with E-state index in [2.05, 4.69) is 15.0 Å². The van der Waals surface area contributed by atoms with Crippen molar-refractivity contribution in [1.82, 2.24) is 10.3 Å². The first kappa shape index (κ1) is 13.0. The molecule has 2 rings (SSSR count). The molecular weight excluding hydrogens is 270 g/mol. The SMILES string of the molecule is CNCc1sccc1S(=O)(=O)Nc1ccccn1. The highest BCUT2D eigenvalue weighted by Gasteiger charge is 2.19. The lowest BCUT2D eigenvalue weighted by atomic mass is 10.5. The average molecular weight is 283 g/mol. The number of thiophene rings is 1. The summed E-state index contributed by atoms with van der Waals surface area (Å²) in [6, 6.07) is 6.67.